The minimum atomic E-state index is -0.453. The second-order valence-electron chi connectivity index (χ2n) is 5.20. The Balaban J connectivity index is 1.81. The van der Waals surface area contributed by atoms with Crippen molar-refractivity contribution in [3.05, 3.63) is 42.5 Å². The molecule has 3 atom stereocenters. The van der Waals surface area contributed by atoms with E-state index in [4.69, 9.17) is 9.47 Å². The summed E-state index contributed by atoms with van der Waals surface area (Å²) in [7, 11) is 0. The van der Waals surface area contributed by atoms with Gasteiger partial charge >= 0.3 is 121 Å². The van der Waals surface area contributed by atoms with Crippen molar-refractivity contribution in [3.63, 3.8) is 0 Å². The van der Waals surface area contributed by atoms with Crippen LogP contribution in [-0.4, -0.2) is 33.5 Å². The van der Waals surface area contributed by atoms with Gasteiger partial charge in [-0.25, -0.2) is 0 Å². The number of hydrogen-bond donors (Lipinski definition) is 0. The summed E-state index contributed by atoms with van der Waals surface area (Å²) in [6.07, 6.45) is 8.00. The Kier molecular flexibility index (Phi) is 4.09. The van der Waals surface area contributed by atoms with Crippen LogP contribution in [0.1, 0.15) is 26.2 Å². The monoisotopic (exact) mass is 324 g/mol. The normalized spacial score (nSPS) is 34.6. The summed E-state index contributed by atoms with van der Waals surface area (Å²) in [6, 6.07) is 10.8. The van der Waals surface area contributed by atoms with Crippen molar-refractivity contribution in [1.29, 1.82) is 0 Å². The molecule has 2 aliphatic rings. The fourth-order valence-corrected chi connectivity index (χ4v) is 5.40. The second kappa shape index (κ2) is 5.80. The Hall–Kier alpha value is -0.601. The molecule has 0 radical (unpaired) electrons. The summed E-state index contributed by atoms with van der Waals surface area (Å²) in [5, 5.41) is 0. The Labute approximate surface area is 121 Å². The van der Waals surface area contributed by atoms with Crippen LogP contribution in [0.5, 0.6) is 0 Å². The standard InChI is InChI=1S/C16H20O2Se/c1-13-7-5-11-16(18-13)15(10-6-12-17-16)19-14-8-3-2-4-9-14/h2-5,8-9,11,13,15H,6-7,10,12H2,1H3/t13-,15-,16-/m1/s1. The SMILES string of the molecule is C[C@@H]1CC=C[C@@]2(OCCC[C@H]2[Se]c2ccccc2)O1. The molecule has 3 rings (SSSR count). The van der Waals surface area contributed by atoms with Gasteiger partial charge in [-0.1, -0.05) is 0 Å². The molecule has 2 aliphatic heterocycles. The van der Waals surface area contributed by atoms with Gasteiger partial charge in [0.1, 0.15) is 0 Å². The van der Waals surface area contributed by atoms with Crippen LogP contribution in [0.15, 0.2) is 42.5 Å². The third kappa shape index (κ3) is 2.95. The number of benzene rings is 1. The van der Waals surface area contributed by atoms with Crippen LogP contribution in [0.3, 0.4) is 0 Å². The van der Waals surface area contributed by atoms with Crippen LogP contribution in [0, 0.1) is 0 Å². The zero-order valence-electron chi connectivity index (χ0n) is 11.2. The average molecular weight is 323 g/mol. The summed E-state index contributed by atoms with van der Waals surface area (Å²) in [5.74, 6) is -0.453. The zero-order chi connectivity index (χ0) is 13.1. The molecule has 1 aromatic rings. The van der Waals surface area contributed by atoms with Gasteiger partial charge in [0.05, 0.1) is 0 Å². The van der Waals surface area contributed by atoms with Gasteiger partial charge in [-0.05, 0) is 0 Å². The van der Waals surface area contributed by atoms with Crippen LogP contribution in [0.25, 0.3) is 0 Å². The van der Waals surface area contributed by atoms with Gasteiger partial charge in [0.15, 0.2) is 0 Å². The van der Waals surface area contributed by atoms with Crippen LogP contribution >= 0.6 is 0 Å². The molecule has 0 N–H and O–H groups in total. The third-order valence-corrected chi connectivity index (χ3v) is 6.53. The van der Waals surface area contributed by atoms with E-state index in [9.17, 15) is 0 Å². The fraction of sp³-hybridized carbons (Fsp3) is 0.500. The molecular formula is C16H20O2Se. The van der Waals surface area contributed by atoms with E-state index >= 15 is 0 Å². The maximum absolute atomic E-state index is 6.21. The van der Waals surface area contributed by atoms with Gasteiger partial charge < -0.3 is 0 Å². The van der Waals surface area contributed by atoms with Crippen molar-refractivity contribution < 1.29 is 9.47 Å². The molecule has 0 unspecified atom stereocenters. The summed E-state index contributed by atoms with van der Waals surface area (Å²) in [5.41, 5.74) is 0. The van der Waals surface area contributed by atoms with Crippen molar-refractivity contribution in [2.75, 3.05) is 6.61 Å². The van der Waals surface area contributed by atoms with Crippen LogP contribution in [-0.2, 0) is 9.47 Å². The Morgan fingerprint density at radius 3 is 2.89 bits per heavy atom. The van der Waals surface area contributed by atoms with Crippen molar-refractivity contribution in [1.82, 2.24) is 0 Å². The van der Waals surface area contributed by atoms with Gasteiger partial charge in [0.25, 0.3) is 0 Å². The van der Waals surface area contributed by atoms with E-state index in [0.717, 1.165) is 19.4 Å². The number of hydrogen-bond acceptors (Lipinski definition) is 2. The molecule has 2 nitrogen and oxygen atoms in total. The molecule has 1 fully saturated rings. The van der Waals surface area contributed by atoms with E-state index in [1.165, 1.54) is 10.9 Å². The molecule has 1 aromatic carbocycles. The van der Waals surface area contributed by atoms with Gasteiger partial charge in [0.2, 0.25) is 0 Å². The predicted molar refractivity (Wildman–Crippen MR) is 77.8 cm³/mol. The van der Waals surface area contributed by atoms with Gasteiger partial charge in [-0.15, -0.1) is 0 Å². The summed E-state index contributed by atoms with van der Waals surface area (Å²) in [6.45, 7) is 2.95. The molecule has 0 amide bonds. The third-order valence-electron chi connectivity index (χ3n) is 3.61. The molecule has 0 aromatic heterocycles. The molecule has 1 saturated heterocycles. The van der Waals surface area contributed by atoms with E-state index < -0.39 is 5.79 Å². The first-order chi connectivity index (χ1) is 9.28. The van der Waals surface area contributed by atoms with Gasteiger partial charge in [-0.2, -0.15) is 0 Å². The summed E-state index contributed by atoms with van der Waals surface area (Å²) >= 11 is 0.392. The molecule has 0 saturated carbocycles. The van der Waals surface area contributed by atoms with Crippen LogP contribution in [0.4, 0.5) is 0 Å². The van der Waals surface area contributed by atoms with E-state index in [1.807, 2.05) is 0 Å². The van der Waals surface area contributed by atoms with Gasteiger partial charge in [-0.3, -0.25) is 0 Å². The first-order valence-electron chi connectivity index (χ1n) is 7.00. The number of ether oxygens (including phenoxy) is 2. The Bertz CT molecular complexity index is 445. The molecule has 19 heavy (non-hydrogen) atoms. The van der Waals surface area contributed by atoms with Gasteiger partial charge in [0, 0.05) is 0 Å². The zero-order valence-corrected chi connectivity index (χ0v) is 13.0. The van der Waals surface area contributed by atoms with Crippen molar-refractivity contribution in [2.45, 2.75) is 42.9 Å². The summed E-state index contributed by atoms with van der Waals surface area (Å²) < 4.78 is 13.7. The van der Waals surface area contributed by atoms with Crippen molar-refractivity contribution >= 4 is 19.4 Å². The van der Waals surface area contributed by atoms with Crippen molar-refractivity contribution in [2.24, 2.45) is 0 Å². The Morgan fingerprint density at radius 1 is 1.26 bits per heavy atom. The van der Waals surface area contributed by atoms with Crippen molar-refractivity contribution in [3.8, 4) is 0 Å². The molecule has 1 spiro atoms. The molecule has 0 bridgehead atoms. The van der Waals surface area contributed by atoms with E-state index in [0.29, 0.717) is 19.8 Å². The van der Waals surface area contributed by atoms with E-state index in [-0.39, 0.29) is 6.10 Å². The predicted octanol–water partition coefficient (Wildman–Crippen LogP) is 2.68. The molecular weight excluding hydrogens is 303 g/mol. The maximum atomic E-state index is 6.21. The first-order valence-corrected chi connectivity index (χ1v) is 8.84. The van der Waals surface area contributed by atoms with Crippen LogP contribution in [0.2, 0.25) is 4.82 Å². The number of rotatable bonds is 2. The van der Waals surface area contributed by atoms with Crippen LogP contribution < -0.4 is 4.46 Å². The summed E-state index contributed by atoms with van der Waals surface area (Å²) in [4.78, 5) is 0.482. The fourth-order valence-electron chi connectivity index (χ4n) is 2.69. The Morgan fingerprint density at radius 2 is 2.11 bits per heavy atom. The average Bonchev–Trinajstić information content (AvgIpc) is 2.43. The molecule has 2 heterocycles. The topological polar surface area (TPSA) is 18.5 Å². The molecule has 102 valence electrons. The minimum absolute atomic E-state index is 0.261. The quantitative estimate of drug-likeness (QED) is 0.615. The van der Waals surface area contributed by atoms with E-state index in [2.05, 4.69) is 49.4 Å². The second-order valence-corrected chi connectivity index (χ2v) is 7.88. The molecule has 3 heteroatoms. The first kappa shape index (κ1) is 13.4. The van der Waals surface area contributed by atoms with E-state index in [1.54, 1.807) is 0 Å². The molecule has 0 aliphatic carbocycles.